The number of carbonyl (C=O) groups is 1. The predicted octanol–water partition coefficient (Wildman–Crippen LogP) is 5.78. The minimum Gasteiger partial charge on any atom is -0.381 e. The highest BCUT2D eigenvalue weighted by Crippen LogP contribution is 2.41. The van der Waals surface area contributed by atoms with Crippen LogP contribution in [0.4, 0.5) is 5.69 Å². The molecular formula is C24H23N3OS. The van der Waals surface area contributed by atoms with Crippen molar-refractivity contribution in [3.63, 3.8) is 0 Å². The largest absolute Gasteiger partial charge is 0.381 e. The van der Waals surface area contributed by atoms with Crippen LogP contribution in [0.1, 0.15) is 41.9 Å². The molecule has 29 heavy (non-hydrogen) atoms. The Morgan fingerprint density at radius 2 is 2.00 bits per heavy atom. The lowest BCUT2D eigenvalue weighted by Crippen LogP contribution is -2.34. The number of aromatic nitrogens is 1. The Balaban J connectivity index is 1.68. The molecule has 4 aromatic rings. The molecule has 3 heterocycles. The zero-order valence-electron chi connectivity index (χ0n) is 16.7. The summed E-state index contributed by atoms with van der Waals surface area (Å²) in [6, 6.07) is 17.1. The first-order valence-electron chi connectivity index (χ1n) is 10.0. The SMILES string of the molecule is CC(C)c1cccc(-c2ccc3c(ccc4sc5c(c43)NC[C@@H](C)NC5=O)n2)c1. The van der Waals surface area contributed by atoms with Crippen molar-refractivity contribution in [2.24, 2.45) is 0 Å². The van der Waals surface area contributed by atoms with Crippen LogP contribution in [0.3, 0.4) is 0 Å². The fourth-order valence-electron chi connectivity index (χ4n) is 3.94. The summed E-state index contributed by atoms with van der Waals surface area (Å²) in [6.07, 6.45) is 0. The maximum absolute atomic E-state index is 12.6. The number of amides is 1. The van der Waals surface area contributed by atoms with Crippen LogP contribution in [0.25, 0.3) is 32.2 Å². The molecular weight excluding hydrogens is 378 g/mol. The van der Waals surface area contributed by atoms with E-state index in [1.165, 1.54) is 5.56 Å². The average Bonchev–Trinajstić information content (AvgIpc) is 3.04. The van der Waals surface area contributed by atoms with Crippen molar-refractivity contribution in [2.75, 3.05) is 11.9 Å². The molecule has 5 rings (SSSR count). The van der Waals surface area contributed by atoms with Gasteiger partial charge in [0.1, 0.15) is 4.88 Å². The van der Waals surface area contributed by atoms with Gasteiger partial charge in [-0.05, 0) is 48.7 Å². The number of nitrogens with one attached hydrogen (secondary N) is 2. The van der Waals surface area contributed by atoms with E-state index in [0.29, 0.717) is 12.5 Å². The lowest BCUT2D eigenvalue weighted by Gasteiger charge is -2.11. The molecule has 0 aliphatic carbocycles. The van der Waals surface area contributed by atoms with Crippen molar-refractivity contribution in [1.29, 1.82) is 0 Å². The third-order valence-corrected chi connectivity index (χ3v) is 6.69. The Bertz CT molecular complexity index is 1260. The first-order chi connectivity index (χ1) is 14.0. The van der Waals surface area contributed by atoms with Crippen LogP contribution in [-0.2, 0) is 0 Å². The first-order valence-corrected chi connectivity index (χ1v) is 10.8. The van der Waals surface area contributed by atoms with E-state index < -0.39 is 0 Å². The lowest BCUT2D eigenvalue weighted by molar-refractivity contribution is 0.0949. The van der Waals surface area contributed by atoms with Gasteiger partial charge in [0.05, 0.1) is 16.9 Å². The number of hydrogen-bond acceptors (Lipinski definition) is 4. The Labute approximate surface area is 174 Å². The number of nitrogens with zero attached hydrogens (tertiary/aromatic N) is 1. The fraction of sp³-hybridized carbons (Fsp3) is 0.250. The molecule has 0 radical (unpaired) electrons. The molecule has 2 aromatic heterocycles. The van der Waals surface area contributed by atoms with E-state index in [1.54, 1.807) is 11.3 Å². The van der Waals surface area contributed by atoms with Gasteiger partial charge in [0.15, 0.2) is 0 Å². The van der Waals surface area contributed by atoms with Crippen LogP contribution in [0, 0.1) is 0 Å². The Morgan fingerprint density at radius 1 is 1.14 bits per heavy atom. The minimum atomic E-state index is 0.00179. The van der Waals surface area contributed by atoms with E-state index >= 15 is 0 Å². The van der Waals surface area contributed by atoms with Gasteiger partial charge in [0.2, 0.25) is 0 Å². The van der Waals surface area contributed by atoms with Gasteiger partial charge in [-0.25, -0.2) is 4.98 Å². The van der Waals surface area contributed by atoms with E-state index in [0.717, 1.165) is 42.8 Å². The number of pyridine rings is 1. The van der Waals surface area contributed by atoms with E-state index in [4.69, 9.17) is 4.98 Å². The first kappa shape index (κ1) is 18.1. The Kier molecular flexibility index (Phi) is 4.28. The Hall–Kier alpha value is -2.92. The van der Waals surface area contributed by atoms with Gasteiger partial charge in [-0.3, -0.25) is 4.79 Å². The lowest BCUT2D eigenvalue weighted by atomic mass is 9.99. The van der Waals surface area contributed by atoms with Crippen molar-refractivity contribution >= 4 is 43.9 Å². The molecule has 1 aliphatic heterocycles. The second-order valence-electron chi connectivity index (χ2n) is 8.04. The summed E-state index contributed by atoms with van der Waals surface area (Å²) in [4.78, 5) is 18.3. The van der Waals surface area contributed by atoms with Crippen LogP contribution >= 0.6 is 11.3 Å². The van der Waals surface area contributed by atoms with Crippen molar-refractivity contribution in [2.45, 2.75) is 32.7 Å². The molecule has 5 heteroatoms. The molecule has 1 aliphatic rings. The number of anilines is 1. The zero-order valence-corrected chi connectivity index (χ0v) is 17.6. The van der Waals surface area contributed by atoms with Crippen LogP contribution in [-0.4, -0.2) is 23.5 Å². The molecule has 4 nitrogen and oxygen atoms in total. The second-order valence-corrected chi connectivity index (χ2v) is 9.10. The van der Waals surface area contributed by atoms with E-state index in [-0.39, 0.29) is 11.9 Å². The number of carbonyl (C=O) groups excluding carboxylic acids is 1. The normalized spacial score (nSPS) is 16.6. The molecule has 1 amide bonds. The van der Waals surface area contributed by atoms with Gasteiger partial charge in [0.25, 0.3) is 5.91 Å². The third-order valence-electron chi connectivity index (χ3n) is 5.54. The molecule has 0 bridgehead atoms. The van der Waals surface area contributed by atoms with Crippen LogP contribution in [0.2, 0.25) is 0 Å². The maximum Gasteiger partial charge on any atom is 0.263 e. The second kappa shape index (κ2) is 6.85. The summed E-state index contributed by atoms with van der Waals surface area (Å²) in [7, 11) is 0. The highest BCUT2D eigenvalue weighted by Gasteiger charge is 2.24. The monoisotopic (exact) mass is 401 g/mol. The van der Waals surface area contributed by atoms with Gasteiger partial charge in [0, 0.05) is 33.6 Å². The van der Waals surface area contributed by atoms with Gasteiger partial charge in [-0.15, -0.1) is 11.3 Å². The van der Waals surface area contributed by atoms with Gasteiger partial charge < -0.3 is 10.6 Å². The van der Waals surface area contributed by atoms with Crippen LogP contribution in [0.15, 0.2) is 48.5 Å². The maximum atomic E-state index is 12.6. The zero-order chi connectivity index (χ0) is 20.1. The highest BCUT2D eigenvalue weighted by atomic mass is 32.1. The fourth-order valence-corrected chi connectivity index (χ4v) is 5.04. The summed E-state index contributed by atoms with van der Waals surface area (Å²) < 4.78 is 1.11. The topological polar surface area (TPSA) is 54.0 Å². The minimum absolute atomic E-state index is 0.00179. The molecule has 1 atom stereocenters. The highest BCUT2D eigenvalue weighted by molar-refractivity contribution is 7.21. The van der Waals surface area contributed by atoms with Crippen molar-refractivity contribution in [3.8, 4) is 11.3 Å². The van der Waals surface area contributed by atoms with E-state index in [9.17, 15) is 4.79 Å². The number of hydrogen-bond donors (Lipinski definition) is 2. The molecule has 0 fully saturated rings. The summed E-state index contributed by atoms with van der Waals surface area (Å²) in [5, 5.41) is 8.71. The standard InChI is InChI=1S/C24H23N3OS/c1-13(2)15-5-4-6-16(11-15)18-8-7-17-19(27-18)9-10-20-21(17)22-23(29-20)24(28)26-14(3)12-25-22/h4-11,13-14,25H,12H2,1-3H3,(H,26,28)/t14-/m1/s1. The van der Waals surface area contributed by atoms with Crippen molar-refractivity contribution < 1.29 is 4.79 Å². The Morgan fingerprint density at radius 3 is 2.83 bits per heavy atom. The van der Waals surface area contributed by atoms with Gasteiger partial charge in [-0.1, -0.05) is 32.0 Å². The van der Waals surface area contributed by atoms with Crippen molar-refractivity contribution in [1.82, 2.24) is 10.3 Å². The average molecular weight is 402 g/mol. The number of benzene rings is 2. The van der Waals surface area contributed by atoms with Crippen LogP contribution < -0.4 is 10.6 Å². The van der Waals surface area contributed by atoms with Crippen LogP contribution in [0.5, 0.6) is 0 Å². The molecule has 2 aromatic carbocycles. The summed E-state index contributed by atoms with van der Waals surface area (Å²) in [6.45, 7) is 7.14. The molecule has 0 saturated carbocycles. The van der Waals surface area contributed by atoms with Gasteiger partial charge in [-0.2, -0.15) is 0 Å². The quantitative estimate of drug-likeness (QED) is 0.447. The number of thiophene rings is 1. The number of rotatable bonds is 2. The summed E-state index contributed by atoms with van der Waals surface area (Å²) >= 11 is 1.54. The molecule has 0 unspecified atom stereocenters. The molecule has 0 spiro atoms. The van der Waals surface area contributed by atoms with E-state index in [1.807, 2.05) is 6.92 Å². The van der Waals surface area contributed by atoms with Gasteiger partial charge >= 0.3 is 0 Å². The third kappa shape index (κ3) is 3.06. The molecule has 146 valence electrons. The smallest absolute Gasteiger partial charge is 0.263 e. The summed E-state index contributed by atoms with van der Waals surface area (Å²) in [5.74, 6) is 0.484. The predicted molar refractivity (Wildman–Crippen MR) is 122 cm³/mol. The van der Waals surface area contributed by atoms with E-state index in [2.05, 4.69) is 73.0 Å². The summed E-state index contributed by atoms with van der Waals surface area (Å²) in [5.41, 5.74) is 5.31. The molecule has 0 saturated heterocycles. The molecule has 2 N–H and O–H groups in total. The van der Waals surface area contributed by atoms with Crippen molar-refractivity contribution in [3.05, 3.63) is 59.0 Å². The number of fused-ring (bicyclic) bond motifs is 5.